The molecular weight excluding hydrogens is 256 g/mol. The number of rotatable bonds is 6. The van der Waals surface area contributed by atoms with E-state index < -0.39 is 5.97 Å². The summed E-state index contributed by atoms with van der Waals surface area (Å²) in [6.45, 7) is 4.99. The summed E-state index contributed by atoms with van der Waals surface area (Å²) in [6, 6.07) is 9.91. The molecular formula is C15H18N2O3. The lowest BCUT2D eigenvalue weighted by molar-refractivity contribution is 0.0522. The fourth-order valence-corrected chi connectivity index (χ4v) is 1.85. The molecule has 1 heterocycles. The Bertz CT molecular complexity index is 564. The van der Waals surface area contributed by atoms with Gasteiger partial charge in [0, 0.05) is 6.20 Å². The molecule has 0 aliphatic rings. The predicted octanol–water partition coefficient (Wildman–Crippen LogP) is 2.51. The van der Waals surface area contributed by atoms with Crippen LogP contribution in [0, 0.1) is 0 Å². The monoisotopic (exact) mass is 274 g/mol. The van der Waals surface area contributed by atoms with E-state index in [4.69, 9.17) is 9.47 Å². The second-order valence-corrected chi connectivity index (χ2v) is 4.18. The van der Waals surface area contributed by atoms with Gasteiger partial charge in [-0.15, -0.1) is 5.10 Å². The molecule has 5 nitrogen and oxygen atoms in total. The van der Waals surface area contributed by atoms with Crippen LogP contribution in [0.25, 0.3) is 0 Å². The van der Waals surface area contributed by atoms with Crippen LogP contribution in [0.3, 0.4) is 0 Å². The van der Waals surface area contributed by atoms with Gasteiger partial charge in [0.1, 0.15) is 5.56 Å². The highest BCUT2D eigenvalue weighted by Gasteiger charge is 2.18. The molecule has 0 aliphatic carbocycles. The first-order valence-corrected chi connectivity index (χ1v) is 6.65. The largest absolute Gasteiger partial charge is 0.476 e. The van der Waals surface area contributed by atoms with Crippen molar-refractivity contribution < 1.29 is 14.3 Å². The number of benzene rings is 1. The van der Waals surface area contributed by atoms with Gasteiger partial charge in [0.15, 0.2) is 0 Å². The van der Waals surface area contributed by atoms with Crippen molar-refractivity contribution >= 4 is 5.97 Å². The minimum absolute atomic E-state index is 0.321. The summed E-state index contributed by atoms with van der Waals surface area (Å²) in [5, 5.41) is 4.29. The van der Waals surface area contributed by atoms with Crippen molar-refractivity contribution in [3.05, 3.63) is 47.7 Å². The summed E-state index contributed by atoms with van der Waals surface area (Å²) in [5.41, 5.74) is 1.47. The van der Waals surface area contributed by atoms with Crippen LogP contribution in [0.4, 0.5) is 0 Å². The van der Waals surface area contributed by atoms with Gasteiger partial charge in [-0.3, -0.25) is 4.68 Å². The normalized spacial score (nSPS) is 10.3. The number of carbonyl (C=O) groups excluding carboxylic acids is 1. The van der Waals surface area contributed by atoms with Crippen LogP contribution in [0.2, 0.25) is 0 Å². The quantitative estimate of drug-likeness (QED) is 0.759. The van der Waals surface area contributed by atoms with Crippen LogP contribution in [0.1, 0.15) is 29.8 Å². The van der Waals surface area contributed by atoms with E-state index in [2.05, 4.69) is 5.10 Å². The summed E-state index contributed by atoms with van der Waals surface area (Å²) in [5.74, 6) is -0.0860. The molecule has 0 bridgehead atoms. The van der Waals surface area contributed by atoms with Gasteiger partial charge in [-0.25, -0.2) is 4.79 Å². The van der Waals surface area contributed by atoms with E-state index in [9.17, 15) is 4.79 Å². The van der Waals surface area contributed by atoms with Gasteiger partial charge in [-0.2, -0.15) is 0 Å². The Kier molecular flexibility index (Phi) is 4.76. The summed E-state index contributed by atoms with van der Waals surface area (Å²) in [7, 11) is 0. The molecule has 0 spiro atoms. The van der Waals surface area contributed by atoms with Crippen LogP contribution < -0.4 is 4.74 Å². The molecule has 2 aromatic rings. The van der Waals surface area contributed by atoms with E-state index in [1.807, 2.05) is 37.3 Å². The second-order valence-electron chi connectivity index (χ2n) is 4.18. The van der Waals surface area contributed by atoms with Crippen LogP contribution in [-0.4, -0.2) is 29.0 Å². The van der Waals surface area contributed by atoms with E-state index >= 15 is 0 Å². The fourth-order valence-electron chi connectivity index (χ4n) is 1.85. The standard InChI is InChI=1S/C15H18N2O3/c1-3-19-14-13(15(18)20-4-2)11-17(16-14)10-12-8-6-5-7-9-12/h5-9,11H,3-4,10H2,1-2H3. The van der Waals surface area contributed by atoms with Crippen LogP contribution in [-0.2, 0) is 11.3 Å². The lowest BCUT2D eigenvalue weighted by Gasteiger charge is -2.02. The number of hydrogen-bond acceptors (Lipinski definition) is 4. The van der Waals surface area contributed by atoms with Gasteiger partial charge in [-0.1, -0.05) is 30.3 Å². The van der Waals surface area contributed by atoms with E-state index in [0.29, 0.717) is 31.2 Å². The zero-order chi connectivity index (χ0) is 14.4. The molecule has 0 aliphatic heterocycles. The Balaban J connectivity index is 2.22. The van der Waals surface area contributed by atoms with Gasteiger partial charge in [0.25, 0.3) is 0 Å². The third-order valence-electron chi connectivity index (χ3n) is 2.69. The highest BCUT2D eigenvalue weighted by molar-refractivity contribution is 5.91. The minimum Gasteiger partial charge on any atom is -0.476 e. The topological polar surface area (TPSA) is 53.4 Å². The molecule has 1 aromatic carbocycles. The molecule has 5 heteroatoms. The van der Waals surface area contributed by atoms with E-state index in [-0.39, 0.29) is 0 Å². The van der Waals surface area contributed by atoms with Gasteiger partial charge in [0.05, 0.1) is 19.8 Å². The van der Waals surface area contributed by atoms with Gasteiger partial charge < -0.3 is 9.47 Å². The van der Waals surface area contributed by atoms with Crippen LogP contribution >= 0.6 is 0 Å². The summed E-state index contributed by atoms with van der Waals surface area (Å²) in [6.07, 6.45) is 1.66. The van der Waals surface area contributed by atoms with Crippen molar-refractivity contribution in [1.82, 2.24) is 9.78 Å². The number of esters is 1. The Labute approximate surface area is 118 Å². The Morgan fingerprint density at radius 1 is 1.20 bits per heavy atom. The molecule has 0 saturated carbocycles. The van der Waals surface area contributed by atoms with E-state index in [1.165, 1.54) is 0 Å². The summed E-state index contributed by atoms with van der Waals surface area (Å²) < 4.78 is 12.1. The molecule has 0 N–H and O–H groups in total. The predicted molar refractivity (Wildman–Crippen MR) is 74.9 cm³/mol. The van der Waals surface area contributed by atoms with Crippen molar-refractivity contribution in [2.75, 3.05) is 13.2 Å². The molecule has 106 valence electrons. The lowest BCUT2D eigenvalue weighted by atomic mass is 10.2. The zero-order valence-corrected chi connectivity index (χ0v) is 11.7. The molecule has 0 saturated heterocycles. The summed E-state index contributed by atoms with van der Waals surface area (Å²) in [4.78, 5) is 11.9. The number of ether oxygens (including phenoxy) is 2. The average Bonchev–Trinajstić information content (AvgIpc) is 2.83. The maximum absolute atomic E-state index is 11.9. The third-order valence-corrected chi connectivity index (χ3v) is 2.69. The molecule has 0 amide bonds. The number of nitrogens with zero attached hydrogens (tertiary/aromatic N) is 2. The molecule has 0 unspecified atom stereocenters. The third kappa shape index (κ3) is 3.38. The molecule has 0 atom stereocenters. The van der Waals surface area contributed by atoms with Gasteiger partial charge >= 0.3 is 5.97 Å². The van der Waals surface area contributed by atoms with Gasteiger partial charge in [0.2, 0.25) is 5.88 Å². The highest BCUT2D eigenvalue weighted by atomic mass is 16.5. The lowest BCUT2D eigenvalue weighted by Crippen LogP contribution is -2.06. The van der Waals surface area contributed by atoms with E-state index in [0.717, 1.165) is 5.56 Å². The van der Waals surface area contributed by atoms with Crippen molar-refractivity contribution in [1.29, 1.82) is 0 Å². The average molecular weight is 274 g/mol. The molecule has 0 fully saturated rings. The smallest absolute Gasteiger partial charge is 0.345 e. The first-order chi connectivity index (χ1) is 9.74. The first-order valence-electron chi connectivity index (χ1n) is 6.65. The molecule has 1 aromatic heterocycles. The summed E-state index contributed by atoms with van der Waals surface area (Å²) >= 11 is 0. The Hall–Kier alpha value is -2.30. The van der Waals surface area contributed by atoms with Crippen molar-refractivity contribution in [2.24, 2.45) is 0 Å². The maximum atomic E-state index is 11.9. The van der Waals surface area contributed by atoms with Crippen LogP contribution in [0.5, 0.6) is 5.88 Å². The minimum atomic E-state index is -0.407. The van der Waals surface area contributed by atoms with Gasteiger partial charge in [-0.05, 0) is 19.4 Å². The second kappa shape index (κ2) is 6.75. The number of aromatic nitrogens is 2. The SMILES string of the molecule is CCOC(=O)c1cn(Cc2ccccc2)nc1OCC. The number of carbonyl (C=O) groups is 1. The zero-order valence-electron chi connectivity index (χ0n) is 11.7. The molecule has 2 rings (SSSR count). The fraction of sp³-hybridized carbons (Fsp3) is 0.333. The Morgan fingerprint density at radius 3 is 2.60 bits per heavy atom. The van der Waals surface area contributed by atoms with E-state index in [1.54, 1.807) is 17.8 Å². The maximum Gasteiger partial charge on any atom is 0.345 e. The Morgan fingerprint density at radius 2 is 1.95 bits per heavy atom. The first kappa shape index (κ1) is 14.1. The van der Waals surface area contributed by atoms with Crippen molar-refractivity contribution in [3.8, 4) is 5.88 Å². The number of hydrogen-bond donors (Lipinski definition) is 0. The highest BCUT2D eigenvalue weighted by Crippen LogP contribution is 2.18. The van der Waals surface area contributed by atoms with Crippen LogP contribution in [0.15, 0.2) is 36.5 Å². The molecule has 20 heavy (non-hydrogen) atoms. The van der Waals surface area contributed by atoms with Crippen molar-refractivity contribution in [2.45, 2.75) is 20.4 Å². The van der Waals surface area contributed by atoms with Crippen molar-refractivity contribution in [3.63, 3.8) is 0 Å². The molecule has 0 radical (unpaired) electrons.